The molecule has 0 aliphatic rings. The van der Waals surface area contributed by atoms with E-state index in [1.807, 2.05) is 18.2 Å². The van der Waals surface area contributed by atoms with Crippen LogP contribution >= 0.6 is 0 Å². The lowest BCUT2D eigenvalue weighted by atomic mass is 10.1. The Hall–Kier alpha value is -2.22. The molecule has 0 spiro atoms. The number of ether oxygens (including phenoxy) is 1. The van der Waals surface area contributed by atoms with Crippen LogP contribution in [-0.2, 0) is 0 Å². The number of hydrogen-bond donors (Lipinski definition) is 1. The van der Waals surface area contributed by atoms with Gasteiger partial charge in [0.05, 0.1) is 13.2 Å². The number of nitriles is 1. The molecule has 0 aliphatic heterocycles. The molecule has 0 bridgehead atoms. The molecule has 1 unspecified atom stereocenters. The van der Waals surface area contributed by atoms with Gasteiger partial charge in [-0.3, -0.25) is 5.32 Å². The predicted octanol–water partition coefficient (Wildman–Crippen LogP) is 2.16. The summed E-state index contributed by atoms with van der Waals surface area (Å²) in [6.45, 7) is 0.754. The van der Waals surface area contributed by atoms with E-state index in [2.05, 4.69) is 21.4 Å². The molecule has 0 aliphatic carbocycles. The summed E-state index contributed by atoms with van der Waals surface area (Å²) >= 11 is 0. The van der Waals surface area contributed by atoms with Crippen molar-refractivity contribution in [3.63, 3.8) is 0 Å². The van der Waals surface area contributed by atoms with Gasteiger partial charge < -0.3 is 4.74 Å². The second-order valence-electron chi connectivity index (χ2n) is 3.21. The van der Waals surface area contributed by atoms with Crippen molar-refractivity contribution in [1.82, 2.24) is 5.32 Å². The van der Waals surface area contributed by atoms with Crippen molar-refractivity contribution in [2.24, 2.45) is 5.11 Å². The van der Waals surface area contributed by atoms with Gasteiger partial charge in [0.25, 0.3) is 0 Å². The van der Waals surface area contributed by atoms with E-state index < -0.39 is 6.04 Å². The first-order valence-electron chi connectivity index (χ1n) is 5.10. The number of para-hydroxylation sites is 1. The molecule has 1 aromatic carbocycles. The van der Waals surface area contributed by atoms with Crippen molar-refractivity contribution in [2.75, 3.05) is 20.2 Å². The monoisotopic (exact) mass is 231 g/mol. The molecule has 0 saturated heterocycles. The van der Waals surface area contributed by atoms with Crippen LogP contribution in [0.3, 0.4) is 0 Å². The smallest absolute Gasteiger partial charge is 0.124 e. The van der Waals surface area contributed by atoms with E-state index in [1.165, 1.54) is 0 Å². The molecule has 0 amide bonds. The zero-order valence-corrected chi connectivity index (χ0v) is 9.50. The van der Waals surface area contributed by atoms with Gasteiger partial charge in [0.2, 0.25) is 0 Å². The minimum atomic E-state index is -0.472. The first-order valence-corrected chi connectivity index (χ1v) is 5.10. The molecule has 6 nitrogen and oxygen atoms in total. The van der Waals surface area contributed by atoms with Crippen LogP contribution in [0.1, 0.15) is 11.6 Å². The van der Waals surface area contributed by atoms with E-state index in [-0.39, 0.29) is 0 Å². The molecule has 0 fully saturated rings. The Balaban J connectivity index is 2.73. The van der Waals surface area contributed by atoms with Gasteiger partial charge in [0, 0.05) is 23.6 Å². The van der Waals surface area contributed by atoms with Gasteiger partial charge in [-0.25, -0.2) is 0 Å². The lowest BCUT2D eigenvalue weighted by Gasteiger charge is -2.14. The molecular formula is C11H13N5O. The Labute approximate surface area is 99.4 Å². The van der Waals surface area contributed by atoms with Gasteiger partial charge in [-0.2, -0.15) is 5.26 Å². The highest BCUT2D eigenvalue weighted by Gasteiger charge is 2.13. The summed E-state index contributed by atoms with van der Waals surface area (Å²) in [6.07, 6.45) is 0. The van der Waals surface area contributed by atoms with Gasteiger partial charge in [-0.15, -0.1) is 0 Å². The van der Waals surface area contributed by atoms with Crippen LogP contribution in [0.4, 0.5) is 0 Å². The molecular weight excluding hydrogens is 218 g/mol. The molecule has 17 heavy (non-hydrogen) atoms. The average Bonchev–Trinajstić information content (AvgIpc) is 2.39. The van der Waals surface area contributed by atoms with Crippen molar-refractivity contribution in [2.45, 2.75) is 6.04 Å². The van der Waals surface area contributed by atoms with E-state index in [1.54, 1.807) is 13.2 Å². The maximum absolute atomic E-state index is 9.08. The molecule has 1 atom stereocenters. The van der Waals surface area contributed by atoms with Gasteiger partial charge in [0.1, 0.15) is 11.8 Å². The van der Waals surface area contributed by atoms with Crippen LogP contribution in [-0.4, -0.2) is 20.2 Å². The summed E-state index contributed by atoms with van der Waals surface area (Å²) in [6, 6.07) is 8.99. The fraction of sp³-hybridized carbons (Fsp3) is 0.364. The number of methoxy groups -OCH3 is 1. The number of azide groups is 1. The maximum atomic E-state index is 9.08. The molecule has 0 aromatic heterocycles. The number of rotatable bonds is 6. The van der Waals surface area contributed by atoms with Crippen LogP contribution in [0.15, 0.2) is 29.4 Å². The third-order valence-electron chi connectivity index (χ3n) is 2.20. The summed E-state index contributed by atoms with van der Waals surface area (Å²) in [4.78, 5) is 2.64. The number of nitrogens with one attached hydrogen (secondary N) is 1. The average molecular weight is 231 g/mol. The number of hydrogen-bond acceptors (Lipinski definition) is 4. The van der Waals surface area contributed by atoms with Gasteiger partial charge in [-0.05, 0) is 11.6 Å². The highest BCUT2D eigenvalue weighted by atomic mass is 16.5. The van der Waals surface area contributed by atoms with Gasteiger partial charge in [0.15, 0.2) is 0 Å². The Bertz CT molecular complexity index is 447. The van der Waals surface area contributed by atoms with E-state index in [4.69, 9.17) is 15.5 Å². The number of nitrogens with zero attached hydrogens (tertiary/aromatic N) is 4. The zero-order valence-electron chi connectivity index (χ0n) is 9.50. The lowest BCUT2D eigenvalue weighted by molar-refractivity contribution is 0.405. The third-order valence-corrected chi connectivity index (χ3v) is 2.20. The Morgan fingerprint density at radius 3 is 3.00 bits per heavy atom. The molecule has 0 radical (unpaired) electrons. The molecule has 0 heterocycles. The van der Waals surface area contributed by atoms with Crippen LogP contribution in [0.5, 0.6) is 5.75 Å². The fourth-order valence-electron chi connectivity index (χ4n) is 1.43. The van der Waals surface area contributed by atoms with Gasteiger partial charge >= 0.3 is 0 Å². The highest BCUT2D eigenvalue weighted by molar-refractivity contribution is 5.38. The summed E-state index contributed by atoms with van der Waals surface area (Å²) < 4.78 is 5.18. The van der Waals surface area contributed by atoms with Gasteiger partial charge in [-0.1, -0.05) is 23.3 Å². The first-order chi connectivity index (χ1) is 8.33. The molecule has 1 aromatic rings. The van der Waals surface area contributed by atoms with E-state index >= 15 is 0 Å². The second kappa shape index (κ2) is 7.12. The summed E-state index contributed by atoms with van der Waals surface area (Å²) in [7, 11) is 1.56. The SMILES string of the molecule is COc1ccccc1C(C#N)NCCN=[N+]=[N-]. The number of benzene rings is 1. The standard InChI is InChI=1S/C11H13N5O/c1-17-11-5-3-2-4-9(11)10(8-12)14-6-7-15-16-13/h2-5,10,14H,6-7H2,1H3. The van der Waals surface area contributed by atoms with Crippen molar-refractivity contribution in [3.8, 4) is 11.8 Å². The normalized spacial score (nSPS) is 11.1. The molecule has 1 N–H and O–H groups in total. The van der Waals surface area contributed by atoms with Crippen molar-refractivity contribution < 1.29 is 4.74 Å². The second-order valence-corrected chi connectivity index (χ2v) is 3.21. The quantitative estimate of drug-likeness (QED) is 0.352. The Kier molecular flexibility index (Phi) is 5.38. The largest absolute Gasteiger partial charge is 0.496 e. The molecule has 88 valence electrons. The Morgan fingerprint density at radius 1 is 1.59 bits per heavy atom. The Morgan fingerprint density at radius 2 is 2.35 bits per heavy atom. The third kappa shape index (κ3) is 3.68. The van der Waals surface area contributed by atoms with Crippen LogP contribution in [0, 0.1) is 11.3 Å². The zero-order chi connectivity index (χ0) is 12.5. The fourth-order valence-corrected chi connectivity index (χ4v) is 1.43. The summed E-state index contributed by atoms with van der Waals surface area (Å²) in [5.74, 6) is 0.662. The minimum Gasteiger partial charge on any atom is -0.496 e. The molecule has 0 saturated carbocycles. The maximum Gasteiger partial charge on any atom is 0.124 e. The predicted molar refractivity (Wildman–Crippen MR) is 63.4 cm³/mol. The summed E-state index contributed by atoms with van der Waals surface area (Å²) in [5.41, 5.74) is 8.91. The van der Waals surface area contributed by atoms with E-state index in [0.717, 1.165) is 5.56 Å². The van der Waals surface area contributed by atoms with Crippen LogP contribution in [0.2, 0.25) is 0 Å². The van der Waals surface area contributed by atoms with E-state index in [0.29, 0.717) is 18.8 Å². The highest BCUT2D eigenvalue weighted by Crippen LogP contribution is 2.23. The van der Waals surface area contributed by atoms with Crippen LogP contribution < -0.4 is 10.1 Å². The first kappa shape index (κ1) is 12.8. The summed E-state index contributed by atoms with van der Waals surface area (Å²) in [5, 5.41) is 15.5. The van der Waals surface area contributed by atoms with Crippen molar-refractivity contribution in [1.29, 1.82) is 5.26 Å². The minimum absolute atomic E-state index is 0.309. The van der Waals surface area contributed by atoms with Crippen molar-refractivity contribution >= 4 is 0 Å². The lowest BCUT2D eigenvalue weighted by Crippen LogP contribution is -2.23. The molecule has 6 heteroatoms. The van der Waals surface area contributed by atoms with E-state index in [9.17, 15) is 0 Å². The van der Waals surface area contributed by atoms with Crippen LogP contribution in [0.25, 0.3) is 10.4 Å². The van der Waals surface area contributed by atoms with Crippen molar-refractivity contribution in [3.05, 3.63) is 40.3 Å². The topological polar surface area (TPSA) is 93.8 Å². The molecule has 1 rings (SSSR count).